The molecule has 4 rings (SSSR count). The molecule has 0 fully saturated rings. The fourth-order valence-electron chi connectivity index (χ4n) is 2.72. The lowest BCUT2D eigenvalue weighted by atomic mass is 10.2. The molecule has 0 atom stereocenters. The van der Waals surface area contributed by atoms with Gasteiger partial charge in [0.2, 0.25) is 0 Å². The minimum atomic E-state index is 0.503. The van der Waals surface area contributed by atoms with Crippen LogP contribution in [0.5, 0.6) is 0 Å². The quantitative estimate of drug-likeness (QED) is 0.451. The summed E-state index contributed by atoms with van der Waals surface area (Å²) in [5, 5.41) is 6.13. The van der Waals surface area contributed by atoms with Crippen molar-refractivity contribution in [3.8, 4) is 0 Å². The molecular formula is C20H20N2S2. The maximum Gasteiger partial charge on any atom is 0.0542 e. The molecule has 0 aliphatic rings. The lowest BCUT2D eigenvalue weighted by molar-refractivity contribution is 0.375. The molecular weight excluding hydrogens is 332 g/mol. The maximum absolute atomic E-state index is 3.38. The van der Waals surface area contributed by atoms with Crippen LogP contribution in [0.2, 0.25) is 0 Å². The number of nitrogens with zero attached hydrogens (tertiary/aromatic N) is 1. The molecule has 0 saturated carbocycles. The third-order valence-electron chi connectivity index (χ3n) is 4.36. The standard InChI is InChI=1S/C20H20N2S2/c1-13(2)22(3)11-10-21-14-8-9-16-18(12-14)24-19-15-6-4-5-7-17(15)23-20(16)19/h4-13,21H,1-3H3/b11-10-. The summed E-state index contributed by atoms with van der Waals surface area (Å²) < 4.78 is 5.55. The van der Waals surface area contributed by atoms with Gasteiger partial charge in [-0.1, -0.05) is 24.3 Å². The molecule has 2 aromatic carbocycles. The van der Waals surface area contributed by atoms with Crippen molar-refractivity contribution >= 4 is 57.9 Å². The third kappa shape index (κ3) is 2.66. The zero-order valence-electron chi connectivity index (χ0n) is 14.0. The summed E-state index contributed by atoms with van der Waals surface area (Å²) in [6.07, 6.45) is 4.09. The molecule has 0 saturated heterocycles. The first-order valence-electron chi connectivity index (χ1n) is 8.12. The van der Waals surface area contributed by atoms with Crippen LogP contribution in [0.15, 0.2) is 54.9 Å². The van der Waals surface area contributed by atoms with Gasteiger partial charge >= 0.3 is 0 Å². The molecule has 4 heteroatoms. The molecule has 1 N–H and O–H groups in total. The molecule has 2 nitrogen and oxygen atoms in total. The van der Waals surface area contributed by atoms with E-state index in [4.69, 9.17) is 0 Å². The van der Waals surface area contributed by atoms with Crippen LogP contribution in [0.25, 0.3) is 29.6 Å². The molecule has 122 valence electrons. The number of hydrogen-bond donors (Lipinski definition) is 1. The number of thiophene rings is 2. The van der Waals surface area contributed by atoms with Gasteiger partial charge in [-0.2, -0.15) is 0 Å². The van der Waals surface area contributed by atoms with Crippen molar-refractivity contribution in [3.63, 3.8) is 0 Å². The summed E-state index contributed by atoms with van der Waals surface area (Å²) in [7, 11) is 2.09. The zero-order chi connectivity index (χ0) is 16.7. The second kappa shape index (κ2) is 6.11. The minimum absolute atomic E-state index is 0.503. The monoisotopic (exact) mass is 352 g/mol. The Balaban J connectivity index is 1.69. The Hall–Kier alpha value is -2.04. The van der Waals surface area contributed by atoms with Crippen LogP contribution in [0, 0.1) is 0 Å². The third-order valence-corrected chi connectivity index (χ3v) is 6.88. The second-order valence-electron chi connectivity index (χ2n) is 6.29. The highest BCUT2D eigenvalue weighted by Crippen LogP contribution is 2.44. The lowest BCUT2D eigenvalue weighted by Crippen LogP contribution is -2.20. The molecule has 2 aromatic heterocycles. The molecule has 2 heterocycles. The first kappa shape index (κ1) is 15.5. The van der Waals surface area contributed by atoms with Crippen molar-refractivity contribution in [1.82, 2.24) is 4.90 Å². The molecule has 0 spiro atoms. The van der Waals surface area contributed by atoms with E-state index in [9.17, 15) is 0 Å². The minimum Gasteiger partial charge on any atom is -0.377 e. The largest absolute Gasteiger partial charge is 0.377 e. The van der Waals surface area contributed by atoms with Crippen LogP contribution in [-0.2, 0) is 0 Å². The summed E-state index contributed by atoms with van der Waals surface area (Å²) in [6.45, 7) is 4.36. The maximum atomic E-state index is 3.38. The first-order valence-corrected chi connectivity index (χ1v) is 9.76. The molecule has 0 bridgehead atoms. The number of rotatable bonds is 4. The van der Waals surface area contributed by atoms with Gasteiger partial charge in [0.15, 0.2) is 0 Å². The topological polar surface area (TPSA) is 15.3 Å². The second-order valence-corrected chi connectivity index (χ2v) is 8.39. The van der Waals surface area contributed by atoms with Gasteiger partial charge in [0, 0.05) is 51.3 Å². The van der Waals surface area contributed by atoms with Crippen LogP contribution in [0.1, 0.15) is 13.8 Å². The summed E-state index contributed by atoms with van der Waals surface area (Å²) in [4.78, 5) is 2.18. The molecule has 0 aliphatic carbocycles. The number of hydrogen-bond acceptors (Lipinski definition) is 4. The van der Waals surface area contributed by atoms with Gasteiger partial charge in [-0.15, -0.1) is 22.7 Å². The van der Waals surface area contributed by atoms with Gasteiger partial charge in [-0.25, -0.2) is 0 Å². The van der Waals surface area contributed by atoms with Gasteiger partial charge in [0.25, 0.3) is 0 Å². The average molecular weight is 353 g/mol. The van der Waals surface area contributed by atoms with E-state index in [-0.39, 0.29) is 0 Å². The number of fused-ring (bicyclic) bond motifs is 5. The average Bonchev–Trinajstić information content (AvgIpc) is 3.10. The fraction of sp³-hybridized carbons (Fsp3) is 0.200. The van der Waals surface area contributed by atoms with E-state index in [2.05, 4.69) is 79.8 Å². The van der Waals surface area contributed by atoms with E-state index in [0.717, 1.165) is 5.69 Å². The Morgan fingerprint density at radius 3 is 2.46 bits per heavy atom. The first-order chi connectivity index (χ1) is 11.6. The van der Waals surface area contributed by atoms with Crippen molar-refractivity contribution in [2.75, 3.05) is 12.4 Å². The van der Waals surface area contributed by atoms with Crippen molar-refractivity contribution in [2.45, 2.75) is 19.9 Å². The highest BCUT2D eigenvalue weighted by atomic mass is 32.1. The predicted molar refractivity (Wildman–Crippen MR) is 110 cm³/mol. The van der Waals surface area contributed by atoms with Gasteiger partial charge < -0.3 is 10.2 Å². The summed E-state index contributed by atoms with van der Waals surface area (Å²) in [5.41, 5.74) is 1.13. The molecule has 0 aliphatic heterocycles. The SMILES string of the molecule is CC(C)N(C)/C=C\Nc1ccc2c(c1)sc1c3ccccc3sc21. The van der Waals surface area contributed by atoms with Gasteiger partial charge in [-0.05, 0) is 32.0 Å². The Morgan fingerprint density at radius 2 is 1.67 bits per heavy atom. The number of benzene rings is 2. The predicted octanol–water partition coefficient (Wildman–Crippen LogP) is 6.49. The van der Waals surface area contributed by atoms with Gasteiger partial charge in [-0.3, -0.25) is 0 Å². The summed E-state index contributed by atoms with van der Waals surface area (Å²) in [5.74, 6) is 0. The Bertz CT molecular complexity index is 1040. The van der Waals surface area contributed by atoms with E-state index in [1.807, 2.05) is 28.9 Å². The van der Waals surface area contributed by atoms with Crippen LogP contribution in [0.4, 0.5) is 5.69 Å². The molecule has 24 heavy (non-hydrogen) atoms. The Morgan fingerprint density at radius 1 is 0.958 bits per heavy atom. The number of nitrogens with one attached hydrogen (secondary N) is 1. The molecule has 4 aromatic rings. The van der Waals surface area contributed by atoms with Crippen molar-refractivity contribution in [3.05, 3.63) is 54.9 Å². The van der Waals surface area contributed by atoms with Crippen LogP contribution < -0.4 is 5.32 Å². The normalized spacial score (nSPS) is 12.2. The van der Waals surface area contributed by atoms with Crippen LogP contribution in [-0.4, -0.2) is 18.0 Å². The van der Waals surface area contributed by atoms with Crippen molar-refractivity contribution in [1.29, 1.82) is 0 Å². The number of anilines is 1. The van der Waals surface area contributed by atoms with Crippen molar-refractivity contribution < 1.29 is 0 Å². The molecule has 0 radical (unpaired) electrons. The molecule has 0 amide bonds. The smallest absolute Gasteiger partial charge is 0.0542 e. The Kier molecular flexibility index (Phi) is 3.94. The van der Waals surface area contributed by atoms with E-state index >= 15 is 0 Å². The van der Waals surface area contributed by atoms with E-state index in [0.29, 0.717) is 6.04 Å². The zero-order valence-corrected chi connectivity index (χ0v) is 15.7. The molecule has 0 unspecified atom stereocenters. The van der Waals surface area contributed by atoms with Crippen LogP contribution >= 0.6 is 22.7 Å². The highest BCUT2D eigenvalue weighted by Gasteiger charge is 2.11. The van der Waals surface area contributed by atoms with Gasteiger partial charge in [0.05, 0.1) is 9.40 Å². The lowest BCUT2D eigenvalue weighted by Gasteiger charge is -2.18. The van der Waals surface area contributed by atoms with Crippen LogP contribution in [0.3, 0.4) is 0 Å². The Labute approximate surface area is 150 Å². The van der Waals surface area contributed by atoms with Gasteiger partial charge in [0.1, 0.15) is 0 Å². The van der Waals surface area contributed by atoms with E-state index < -0.39 is 0 Å². The highest BCUT2D eigenvalue weighted by molar-refractivity contribution is 7.36. The fourth-order valence-corrected chi connectivity index (χ4v) is 5.41. The summed E-state index contributed by atoms with van der Waals surface area (Å²) in [6, 6.07) is 15.8. The van der Waals surface area contributed by atoms with E-state index in [1.54, 1.807) is 0 Å². The summed E-state index contributed by atoms with van der Waals surface area (Å²) >= 11 is 3.79. The van der Waals surface area contributed by atoms with E-state index in [1.165, 1.54) is 29.6 Å². The van der Waals surface area contributed by atoms with Crippen molar-refractivity contribution in [2.24, 2.45) is 0 Å².